The molecule has 1 aromatic rings. The molecular weight excluding hydrogens is 294 g/mol. The number of amides is 1. The highest BCUT2D eigenvalue weighted by Crippen LogP contribution is 2.21. The second-order valence-corrected chi connectivity index (χ2v) is 6.52. The third kappa shape index (κ3) is 6.30. The van der Waals surface area contributed by atoms with Gasteiger partial charge in [0.05, 0.1) is 0 Å². The predicted molar refractivity (Wildman–Crippen MR) is 89.6 cm³/mol. The smallest absolute Gasteiger partial charge is 0.326 e. The van der Waals surface area contributed by atoms with Crippen LogP contribution in [0.2, 0.25) is 0 Å². The molecule has 0 aliphatic rings. The molecule has 0 saturated carbocycles. The molecule has 128 valence electrons. The van der Waals surface area contributed by atoms with Crippen molar-refractivity contribution in [2.24, 2.45) is 5.92 Å². The Balaban J connectivity index is 2.69. The fourth-order valence-electron chi connectivity index (χ4n) is 2.19. The van der Waals surface area contributed by atoms with E-state index in [0.29, 0.717) is 18.1 Å². The Bertz CT molecular complexity index is 540. The first-order valence-electron chi connectivity index (χ1n) is 8.00. The zero-order valence-electron chi connectivity index (χ0n) is 14.5. The normalized spacial score (nSPS) is 13.7. The van der Waals surface area contributed by atoms with E-state index < -0.39 is 24.0 Å². The lowest BCUT2D eigenvalue weighted by Gasteiger charge is -2.20. The second-order valence-electron chi connectivity index (χ2n) is 6.52. The number of rotatable bonds is 8. The Morgan fingerprint density at radius 2 is 1.83 bits per heavy atom. The van der Waals surface area contributed by atoms with Crippen molar-refractivity contribution in [2.45, 2.75) is 59.1 Å². The minimum absolute atomic E-state index is 0.176. The van der Waals surface area contributed by atoms with Crippen LogP contribution in [0.4, 0.5) is 0 Å². The monoisotopic (exact) mass is 321 g/mol. The minimum Gasteiger partial charge on any atom is -0.481 e. The number of carbonyl (C=O) groups excluding carboxylic acids is 1. The van der Waals surface area contributed by atoms with Gasteiger partial charge in [-0.2, -0.15) is 0 Å². The summed E-state index contributed by atoms with van der Waals surface area (Å²) in [6, 6.07) is 6.69. The van der Waals surface area contributed by atoms with Gasteiger partial charge in [0.2, 0.25) is 0 Å². The summed E-state index contributed by atoms with van der Waals surface area (Å²) in [5.41, 5.74) is 1.12. The molecule has 2 N–H and O–H groups in total. The molecule has 1 aromatic carbocycles. The van der Waals surface area contributed by atoms with Crippen molar-refractivity contribution in [3.63, 3.8) is 0 Å². The Kier molecular flexibility index (Phi) is 7.07. The second kappa shape index (κ2) is 8.56. The predicted octanol–water partition coefficient (Wildman–Crippen LogP) is 3.19. The number of hydrogen-bond donors (Lipinski definition) is 2. The van der Waals surface area contributed by atoms with E-state index in [1.165, 1.54) is 0 Å². The van der Waals surface area contributed by atoms with Gasteiger partial charge in [-0.1, -0.05) is 39.8 Å². The Morgan fingerprint density at radius 1 is 1.17 bits per heavy atom. The van der Waals surface area contributed by atoms with E-state index in [2.05, 4.69) is 19.2 Å². The summed E-state index contributed by atoms with van der Waals surface area (Å²) in [5.74, 6) is -0.302. The first-order valence-corrected chi connectivity index (χ1v) is 8.00. The number of ether oxygens (including phenoxy) is 1. The Labute approximate surface area is 138 Å². The van der Waals surface area contributed by atoms with Gasteiger partial charge in [-0.25, -0.2) is 4.79 Å². The number of benzene rings is 1. The Morgan fingerprint density at radius 3 is 2.35 bits per heavy atom. The molecule has 0 saturated heterocycles. The zero-order chi connectivity index (χ0) is 17.6. The minimum atomic E-state index is -1.03. The number of carbonyl (C=O) groups is 2. The molecule has 5 heteroatoms. The molecule has 23 heavy (non-hydrogen) atoms. The molecule has 0 aliphatic heterocycles. The van der Waals surface area contributed by atoms with Crippen LogP contribution in [0.5, 0.6) is 5.75 Å². The summed E-state index contributed by atoms with van der Waals surface area (Å²) in [4.78, 5) is 23.4. The quantitative estimate of drug-likeness (QED) is 0.771. The molecule has 2 atom stereocenters. The molecule has 0 aromatic heterocycles. The highest BCUT2D eigenvalue weighted by atomic mass is 16.5. The summed E-state index contributed by atoms with van der Waals surface area (Å²) in [6.45, 7) is 9.61. The van der Waals surface area contributed by atoms with Crippen LogP contribution in [0.3, 0.4) is 0 Å². The van der Waals surface area contributed by atoms with Gasteiger partial charge >= 0.3 is 5.97 Å². The van der Waals surface area contributed by atoms with Crippen LogP contribution < -0.4 is 10.1 Å². The third-order valence-electron chi connectivity index (χ3n) is 3.53. The van der Waals surface area contributed by atoms with Crippen molar-refractivity contribution in [2.75, 3.05) is 0 Å². The standard InChI is InChI=1S/C18H27NO4/c1-11(2)9-16(18(21)22)19-17(20)13(5)23-15-8-6-7-14(10-15)12(3)4/h6-8,10-13,16H,9H2,1-5H3,(H,19,20)(H,21,22). The van der Waals surface area contributed by atoms with Gasteiger partial charge in [0, 0.05) is 0 Å². The average Bonchev–Trinajstić information content (AvgIpc) is 2.46. The molecule has 0 fully saturated rings. The van der Waals surface area contributed by atoms with E-state index in [9.17, 15) is 14.7 Å². The molecule has 0 radical (unpaired) electrons. The topological polar surface area (TPSA) is 75.6 Å². The summed E-state index contributed by atoms with van der Waals surface area (Å²) in [6.07, 6.45) is -0.372. The van der Waals surface area contributed by atoms with Gasteiger partial charge in [0.25, 0.3) is 5.91 Å². The van der Waals surface area contributed by atoms with Crippen molar-refractivity contribution >= 4 is 11.9 Å². The Hall–Kier alpha value is -2.04. The SMILES string of the molecule is CC(C)CC(NC(=O)C(C)Oc1cccc(C(C)C)c1)C(=O)O. The molecule has 5 nitrogen and oxygen atoms in total. The van der Waals surface area contributed by atoms with E-state index in [0.717, 1.165) is 5.56 Å². The lowest BCUT2D eigenvalue weighted by atomic mass is 10.0. The van der Waals surface area contributed by atoms with Crippen LogP contribution in [-0.2, 0) is 9.59 Å². The van der Waals surface area contributed by atoms with E-state index in [1.807, 2.05) is 32.0 Å². The molecular formula is C18H27NO4. The zero-order valence-corrected chi connectivity index (χ0v) is 14.5. The van der Waals surface area contributed by atoms with Crippen molar-refractivity contribution in [1.82, 2.24) is 5.32 Å². The maximum Gasteiger partial charge on any atom is 0.326 e. The maximum absolute atomic E-state index is 12.2. The lowest BCUT2D eigenvalue weighted by molar-refractivity contribution is -0.143. The molecule has 0 spiro atoms. The summed E-state index contributed by atoms with van der Waals surface area (Å²) < 4.78 is 5.65. The molecule has 0 aliphatic carbocycles. The van der Waals surface area contributed by atoms with Crippen LogP contribution in [0.15, 0.2) is 24.3 Å². The highest BCUT2D eigenvalue weighted by molar-refractivity contribution is 5.86. The van der Waals surface area contributed by atoms with E-state index in [-0.39, 0.29) is 5.92 Å². The number of hydrogen-bond acceptors (Lipinski definition) is 3. The van der Waals surface area contributed by atoms with Crippen LogP contribution in [0.1, 0.15) is 52.5 Å². The van der Waals surface area contributed by atoms with E-state index in [4.69, 9.17) is 4.74 Å². The van der Waals surface area contributed by atoms with Gasteiger partial charge in [-0.05, 0) is 42.9 Å². The lowest BCUT2D eigenvalue weighted by Crippen LogP contribution is -2.46. The summed E-state index contributed by atoms with van der Waals surface area (Å²) in [5, 5.41) is 11.7. The third-order valence-corrected chi connectivity index (χ3v) is 3.53. The summed E-state index contributed by atoms with van der Waals surface area (Å²) >= 11 is 0. The van der Waals surface area contributed by atoms with Crippen LogP contribution in [-0.4, -0.2) is 29.1 Å². The number of carboxylic acids is 1. The van der Waals surface area contributed by atoms with Crippen LogP contribution in [0, 0.1) is 5.92 Å². The van der Waals surface area contributed by atoms with Crippen molar-refractivity contribution in [3.8, 4) is 5.75 Å². The van der Waals surface area contributed by atoms with Gasteiger partial charge < -0.3 is 15.2 Å². The molecule has 2 unspecified atom stereocenters. The molecule has 1 rings (SSSR count). The molecule has 1 amide bonds. The highest BCUT2D eigenvalue weighted by Gasteiger charge is 2.24. The fraction of sp³-hybridized carbons (Fsp3) is 0.556. The van der Waals surface area contributed by atoms with Gasteiger partial charge in [0.15, 0.2) is 6.10 Å². The van der Waals surface area contributed by atoms with Crippen molar-refractivity contribution in [3.05, 3.63) is 29.8 Å². The number of carboxylic acid groups (broad SMARTS) is 1. The first kappa shape index (κ1) is 19.0. The van der Waals surface area contributed by atoms with E-state index in [1.54, 1.807) is 13.0 Å². The number of nitrogens with one attached hydrogen (secondary N) is 1. The summed E-state index contributed by atoms with van der Waals surface area (Å²) in [7, 11) is 0. The fourth-order valence-corrected chi connectivity index (χ4v) is 2.19. The van der Waals surface area contributed by atoms with Gasteiger partial charge in [-0.3, -0.25) is 4.79 Å². The molecule has 0 bridgehead atoms. The average molecular weight is 321 g/mol. The van der Waals surface area contributed by atoms with Crippen molar-refractivity contribution in [1.29, 1.82) is 0 Å². The van der Waals surface area contributed by atoms with Crippen LogP contribution in [0.25, 0.3) is 0 Å². The van der Waals surface area contributed by atoms with E-state index >= 15 is 0 Å². The largest absolute Gasteiger partial charge is 0.481 e. The van der Waals surface area contributed by atoms with Crippen LogP contribution >= 0.6 is 0 Å². The van der Waals surface area contributed by atoms with Crippen molar-refractivity contribution < 1.29 is 19.4 Å². The van der Waals surface area contributed by atoms with Gasteiger partial charge in [0.1, 0.15) is 11.8 Å². The number of aliphatic carboxylic acids is 1. The first-order chi connectivity index (χ1) is 10.7. The van der Waals surface area contributed by atoms with Gasteiger partial charge in [-0.15, -0.1) is 0 Å². The maximum atomic E-state index is 12.2. The molecule has 0 heterocycles.